The Morgan fingerprint density at radius 1 is 1.15 bits per heavy atom. The molecule has 1 fully saturated rings. The molecule has 0 radical (unpaired) electrons. The molecule has 1 aliphatic heterocycles. The number of aromatic nitrogens is 3. The Kier molecular flexibility index (Phi) is 5.19. The van der Waals surface area contributed by atoms with E-state index in [-0.39, 0.29) is 17.0 Å². The van der Waals surface area contributed by atoms with Crippen molar-refractivity contribution < 1.29 is 13.2 Å². The van der Waals surface area contributed by atoms with Crippen molar-refractivity contribution in [1.29, 1.82) is 0 Å². The van der Waals surface area contributed by atoms with Crippen LogP contribution in [-0.4, -0.2) is 29.3 Å². The first-order chi connectivity index (χ1) is 13.0. The standard InChI is InChI=1S/C19H26N4O3S/c1-2-18-20-19-17(8-5-13-23(19)21-18)22-27(24,25)16-11-9-15(10-12-16)26-14-6-3-4-7-14/h9-12,14,17,22H,2-8,13H2,1H3/t17-/m1/s1. The molecule has 0 bridgehead atoms. The number of hydrogen-bond acceptors (Lipinski definition) is 5. The zero-order valence-corrected chi connectivity index (χ0v) is 16.4. The summed E-state index contributed by atoms with van der Waals surface area (Å²) >= 11 is 0. The zero-order valence-electron chi connectivity index (χ0n) is 15.6. The van der Waals surface area contributed by atoms with E-state index in [1.807, 2.05) is 11.6 Å². The van der Waals surface area contributed by atoms with Gasteiger partial charge in [0.1, 0.15) is 11.6 Å². The van der Waals surface area contributed by atoms with E-state index < -0.39 is 10.0 Å². The molecule has 4 rings (SSSR count). The van der Waals surface area contributed by atoms with Gasteiger partial charge in [-0.1, -0.05) is 6.92 Å². The Morgan fingerprint density at radius 2 is 1.89 bits per heavy atom. The van der Waals surface area contributed by atoms with Crippen molar-refractivity contribution in [2.24, 2.45) is 0 Å². The molecule has 8 heteroatoms. The SMILES string of the molecule is CCc1nc2n(n1)CCC[C@H]2NS(=O)(=O)c1ccc(OC2CCCC2)cc1. The van der Waals surface area contributed by atoms with E-state index in [9.17, 15) is 8.42 Å². The van der Waals surface area contributed by atoms with Gasteiger partial charge in [-0.05, 0) is 62.8 Å². The van der Waals surface area contributed by atoms with Crippen LogP contribution < -0.4 is 9.46 Å². The van der Waals surface area contributed by atoms with Crippen LogP contribution in [0.4, 0.5) is 0 Å². The van der Waals surface area contributed by atoms with Crippen LogP contribution in [0.25, 0.3) is 0 Å². The lowest BCUT2D eigenvalue weighted by Crippen LogP contribution is -2.33. The van der Waals surface area contributed by atoms with Gasteiger partial charge in [-0.2, -0.15) is 5.10 Å². The number of hydrogen-bond donors (Lipinski definition) is 1. The van der Waals surface area contributed by atoms with Gasteiger partial charge < -0.3 is 4.74 Å². The molecule has 1 atom stereocenters. The maximum Gasteiger partial charge on any atom is 0.241 e. The lowest BCUT2D eigenvalue weighted by molar-refractivity contribution is 0.210. The Labute approximate surface area is 160 Å². The molecule has 0 saturated heterocycles. The second kappa shape index (κ2) is 7.59. The predicted octanol–water partition coefficient (Wildman–Crippen LogP) is 2.98. The Morgan fingerprint density at radius 3 is 2.59 bits per heavy atom. The third-order valence-electron chi connectivity index (χ3n) is 5.27. The van der Waals surface area contributed by atoms with Crippen LogP contribution in [0, 0.1) is 0 Å². The Bertz CT molecular complexity index is 886. The minimum absolute atomic E-state index is 0.244. The summed E-state index contributed by atoms with van der Waals surface area (Å²) in [5, 5.41) is 4.44. The fourth-order valence-corrected chi connectivity index (χ4v) is 5.04. The number of sulfonamides is 1. The van der Waals surface area contributed by atoms with Gasteiger partial charge in [-0.15, -0.1) is 0 Å². The van der Waals surface area contributed by atoms with E-state index in [1.54, 1.807) is 24.3 Å². The second-order valence-electron chi connectivity index (χ2n) is 7.27. The van der Waals surface area contributed by atoms with Gasteiger partial charge in [0.05, 0.1) is 17.0 Å². The number of fused-ring (bicyclic) bond motifs is 1. The third-order valence-corrected chi connectivity index (χ3v) is 6.76. The number of nitrogens with one attached hydrogen (secondary N) is 1. The largest absolute Gasteiger partial charge is 0.490 e. The monoisotopic (exact) mass is 390 g/mol. The molecule has 0 amide bonds. The van der Waals surface area contributed by atoms with Crippen molar-refractivity contribution in [3.05, 3.63) is 35.9 Å². The molecule has 2 heterocycles. The van der Waals surface area contributed by atoms with E-state index in [2.05, 4.69) is 14.8 Å². The van der Waals surface area contributed by atoms with Crippen LogP contribution in [0.3, 0.4) is 0 Å². The van der Waals surface area contributed by atoms with Crippen molar-refractivity contribution >= 4 is 10.0 Å². The Hall–Kier alpha value is -1.93. The average Bonchev–Trinajstić information content (AvgIpc) is 3.31. The van der Waals surface area contributed by atoms with Crippen LogP contribution in [0.2, 0.25) is 0 Å². The first-order valence-electron chi connectivity index (χ1n) is 9.78. The minimum atomic E-state index is -3.63. The second-order valence-corrected chi connectivity index (χ2v) is 8.99. The highest BCUT2D eigenvalue weighted by Crippen LogP contribution is 2.27. The number of nitrogens with zero attached hydrogens (tertiary/aromatic N) is 3. The third kappa shape index (κ3) is 4.01. The van der Waals surface area contributed by atoms with Crippen molar-refractivity contribution in [3.8, 4) is 5.75 Å². The Balaban J connectivity index is 1.48. The molecule has 146 valence electrons. The summed E-state index contributed by atoms with van der Waals surface area (Å²) in [6, 6.07) is 6.36. The van der Waals surface area contributed by atoms with E-state index in [4.69, 9.17) is 4.74 Å². The van der Waals surface area contributed by atoms with Gasteiger partial charge >= 0.3 is 0 Å². The van der Waals surface area contributed by atoms with Gasteiger partial charge in [0, 0.05) is 13.0 Å². The van der Waals surface area contributed by atoms with Crippen LogP contribution >= 0.6 is 0 Å². The van der Waals surface area contributed by atoms with Crippen LogP contribution in [0.15, 0.2) is 29.2 Å². The van der Waals surface area contributed by atoms with Crippen LogP contribution in [0.5, 0.6) is 5.75 Å². The van der Waals surface area contributed by atoms with Gasteiger partial charge in [0.15, 0.2) is 5.82 Å². The van der Waals surface area contributed by atoms with Crippen LogP contribution in [-0.2, 0) is 23.0 Å². The van der Waals surface area contributed by atoms with E-state index >= 15 is 0 Å². The molecular weight excluding hydrogens is 364 g/mol. The van der Waals surface area contributed by atoms with Gasteiger partial charge in [-0.25, -0.2) is 22.8 Å². The maximum absolute atomic E-state index is 12.8. The van der Waals surface area contributed by atoms with Crippen molar-refractivity contribution in [2.75, 3.05) is 0 Å². The molecule has 0 unspecified atom stereocenters. The molecule has 1 N–H and O–H groups in total. The fourth-order valence-electron chi connectivity index (χ4n) is 3.81. The molecule has 0 spiro atoms. The highest BCUT2D eigenvalue weighted by molar-refractivity contribution is 7.89. The topological polar surface area (TPSA) is 86.1 Å². The van der Waals surface area contributed by atoms with Crippen molar-refractivity contribution in [1.82, 2.24) is 19.5 Å². The van der Waals surface area contributed by atoms with Crippen molar-refractivity contribution in [2.45, 2.75) is 75.5 Å². The van der Waals surface area contributed by atoms with Gasteiger partial charge in [0.25, 0.3) is 0 Å². The molecular formula is C19H26N4O3S. The quantitative estimate of drug-likeness (QED) is 0.819. The summed E-state index contributed by atoms with van der Waals surface area (Å²) in [6.07, 6.45) is 7.15. The lowest BCUT2D eigenvalue weighted by Gasteiger charge is -2.23. The van der Waals surface area contributed by atoms with E-state index in [0.717, 1.165) is 50.2 Å². The molecule has 2 aromatic rings. The predicted molar refractivity (Wildman–Crippen MR) is 101 cm³/mol. The summed E-state index contributed by atoms with van der Waals surface area (Å²) < 4.78 is 36.2. The van der Waals surface area contributed by atoms with Gasteiger partial charge in [0.2, 0.25) is 10.0 Å². The van der Waals surface area contributed by atoms with E-state index in [0.29, 0.717) is 5.82 Å². The molecule has 1 aromatic heterocycles. The fraction of sp³-hybridized carbons (Fsp3) is 0.579. The van der Waals surface area contributed by atoms with Crippen LogP contribution in [0.1, 0.15) is 63.1 Å². The van der Waals surface area contributed by atoms with Gasteiger partial charge in [-0.3, -0.25) is 0 Å². The van der Waals surface area contributed by atoms with Crippen molar-refractivity contribution in [3.63, 3.8) is 0 Å². The zero-order chi connectivity index (χ0) is 18.9. The number of aryl methyl sites for hydroxylation is 2. The normalized spacial score (nSPS) is 20.6. The highest BCUT2D eigenvalue weighted by atomic mass is 32.2. The summed E-state index contributed by atoms with van der Waals surface area (Å²) in [5.41, 5.74) is 0. The highest BCUT2D eigenvalue weighted by Gasteiger charge is 2.28. The number of benzene rings is 1. The smallest absolute Gasteiger partial charge is 0.241 e. The first kappa shape index (κ1) is 18.4. The number of rotatable bonds is 6. The molecule has 1 saturated carbocycles. The first-order valence-corrected chi connectivity index (χ1v) is 11.3. The summed E-state index contributed by atoms with van der Waals surface area (Å²) in [7, 11) is -3.63. The molecule has 27 heavy (non-hydrogen) atoms. The van der Waals surface area contributed by atoms with E-state index in [1.165, 1.54) is 12.8 Å². The maximum atomic E-state index is 12.8. The molecule has 1 aromatic carbocycles. The summed E-state index contributed by atoms with van der Waals surface area (Å²) in [5.74, 6) is 2.19. The lowest BCUT2D eigenvalue weighted by atomic mass is 10.1. The minimum Gasteiger partial charge on any atom is -0.490 e. The number of ether oxygens (including phenoxy) is 1. The summed E-state index contributed by atoms with van der Waals surface area (Å²) in [4.78, 5) is 4.75. The average molecular weight is 391 g/mol. The molecule has 2 aliphatic rings. The molecule has 7 nitrogen and oxygen atoms in total. The molecule has 1 aliphatic carbocycles. The summed E-state index contributed by atoms with van der Waals surface area (Å²) in [6.45, 7) is 2.78.